The van der Waals surface area contributed by atoms with E-state index >= 15 is 0 Å². The van der Waals surface area contributed by atoms with E-state index in [9.17, 15) is 40.5 Å². The Morgan fingerprint density at radius 1 is 0.625 bits per heavy atom. The molecule has 0 bridgehead atoms. The van der Waals surface area contributed by atoms with Crippen LogP contribution in [-0.4, -0.2) is 80.5 Å². The van der Waals surface area contributed by atoms with Gasteiger partial charge in [0, 0.05) is 0 Å². The van der Waals surface area contributed by atoms with Crippen molar-refractivity contribution in [3.05, 3.63) is 40.5 Å². The van der Waals surface area contributed by atoms with Gasteiger partial charge in [0.05, 0.1) is 0 Å². The highest BCUT2D eigenvalue weighted by atomic mass is 16.6. The molecule has 24 heteroatoms. The van der Waals surface area contributed by atoms with E-state index in [1.165, 1.54) is 0 Å². The molecule has 0 unspecified atom stereocenters. The number of hydrogen-bond acceptors (Lipinski definition) is 16. The standard InChI is InChI=1S/C8H2N16O8/c25-21(26)5-1(6(12-11-5)22(27)28)19-15-3(9-17-19)4-10-18-20(16-4)2-7(23(29)30)13-14-8(2)24(31)32/h(H,11,12)(H,13,14). The third kappa shape index (κ3) is 2.96. The Balaban J connectivity index is 1.77. The zero-order valence-corrected chi connectivity index (χ0v) is 14.5. The summed E-state index contributed by atoms with van der Waals surface area (Å²) < 4.78 is 0. The van der Waals surface area contributed by atoms with Crippen molar-refractivity contribution in [2.45, 2.75) is 0 Å². The molecule has 0 atom stereocenters. The fourth-order valence-electron chi connectivity index (χ4n) is 2.31. The number of nitrogens with one attached hydrogen (secondary N) is 2. The third-order valence-electron chi connectivity index (χ3n) is 3.55. The molecule has 0 aliphatic heterocycles. The van der Waals surface area contributed by atoms with Crippen LogP contribution in [0, 0.1) is 40.5 Å². The highest BCUT2D eigenvalue weighted by molar-refractivity contribution is 5.58. The van der Waals surface area contributed by atoms with Crippen molar-refractivity contribution in [2.75, 3.05) is 0 Å². The van der Waals surface area contributed by atoms with Gasteiger partial charge in [-0.25, -0.2) is 0 Å². The van der Waals surface area contributed by atoms with Gasteiger partial charge in [-0.05, 0) is 40.3 Å². The molecular weight excluding hydrogens is 448 g/mol. The van der Waals surface area contributed by atoms with Crippen LogP contribution in [0.3, 0.4) is 0 Å². The number of rotatable bonds is 7. The average Bonchev–Trinajstić information content (AvgIpc) is 3.51. The van der Waals surface area contributed by atoms with Gasteiger partial charge in [-0.2, -0.15) is 0 Å². The highest BCUT2D eigenvalue weighted by Crippen LogP contribution is 2.29. The van der Waals surface area contributed by atoms with Crippen LogP contribution in [0.5, 0.6) is 0 Å². The van der Waals surface area contributed by atoms with Crippen molar-refractivity contribution >= 4 is 23.3 Å². The molecule has 0 amide bonds. The van der Waals surface area contributed by atoms with Crippen LogP contribution < -0.4 is 0 Å². The maximum Gasteiger partial charge on any atom is 0.448 e. The van der Waals surface area contributed by atoms with Crippen LogP contribution in [0.4, 0.5) is 23.3 Å². The van der Waals surface area contributed by atoms with E-state index in [1.807, 2.05) is 10.2 Å². The lowest BCUT2D eigenvalue weighted by atomic mass is 10.5. The fourth-order valence-corrected chi connectivity index (χ4v) is 2.31. The molecule has 24 nitrogen and oxygen atoms in total. The van der Waals surface area contributed by atoms with Gasteiger partial charge in [0.2, 0.25) is 11.6 Å². The minimum atomic E-state index is -1.03. The number of nitrogens with zero attached hydrogens (tertiary/aromatic N) is 14. The van der Waals surface area contributed by atoms with E-state index in [1.54, 1.807) is 0 Å². The first kappa shape index (κ1) is 19.5. The van der Waals surface area contributed by atoms with Gasteiger partial charge in [-0.1, -0.05) is 0 Å². The molecule has 0 aromatic carbocycles. The number of hydrogen-bond donors (Lipinski definition) is 2. The van der Waals surface area contributed by atoms with Crippen molar-refractivity contribution in [2.24, 2.45) is 0 Å². The van der Waals surface area contributed by atoms with E-state index in [0.29, 0.717) is 9.59 Å². The summed E-state index contributed by atoms with van der Waals surface area (Å²) in [6, 6.07) is 0. The lowest BCUT2D eigenvalue weighted by molar-refractivity contribution is -0.394. The van der Waals surface area contributed by atoms with E-state index in [4.69, 9.17) is 0 Å². The number of aromatic amines is 2. The van der Waals surface area contributed by atoms with E-state index in [-0.39, 0.29) is 0 Å². The first-order valence-corrected chi connectivity index (χ1v) is 7.54. The Bertz CT molecular complexity index is 1240. The SMILES string of the molecule is O=[N+]([O-])c1n[nH]c([N+](=O)[O-])c1-n1nnc(-c2nnn(-c3c([N+](=O)[O-])n[nH]c3[N+](=O)[O-])n2)n1. The van der Waals surface area contributed by atoms with Gasteiger partial charge in [0.1, 0.15) is 10.2 Å². The molecule has 0 radical (unpaired) electrons. The third-order valence-corrected chi connectivity index (χ3v) is 3.55. The number of nitro groups is 4. The quantitative estimate of drug-likeness (QED) is 0.236. The van der Waals surface area contributed by atoms with Crippen molar-refractivity contribution in [1.29, 1.82) is 0 Å². The zero-order valence-electron chi connectivity index (χ0n) is 14.5. The normalized spacial score (nSPS) is 10.9. The second-order valence-electron chi connectivity index (χ2n) is 5.32. The molecule has 2 N–H and O–H groups in total. The van der Waals surface area contributed by atoms with Gasteiger partial charge >= 0.3 is 23.3 Å². The maximum absolute atomic E-state index is 11.1. The largest absolute Gasteiger partial charge is 0.448 e. The summed E-state index contributed by atoms with van der Waals surface area (Å²) in [7, 11) is 0. The molecule has 0 aliphatic carbocycles. The van der Waals surface area contributed by atoms with Crippen molar-refractivity contribution in [3.63, 3.8) is 0 Å². The van der Waals surface area contributed by atoms with Gasteiger partial charge in [0.15, 0.2) is 0 Å². The van der Waals surface area contributed by atoms with Crippen LogP contribution >= 0.6 is 0 Å². The molecule has 4 aromatic rings. The van der Waals surface area contributed by atoms with Crippen LogP contribution in [0.25, 0.3) is 23.0 Å². The second kappa shape index (κ2) is 6.89. The summed E-state index contributed by atoms with van der Waals surface area (Å²) in [5, 5.41) is 75.6. The lowest BCUT2D eigenvalue weighted by Crippen LogP contribution is -2.05. The van der Waals surface area contributed by atoms with Crippen molar-refractivity contribution < 1.29 is 19.7 Å². The molecule has 4 rings (SSSR count). The summed E-state index contributed by atoms with van der Waals surface area (Å²) in [6.45, 7) is 0. The topological polar surface area (TPSA) is 317 Å². The predicted molar refractivity (Wildman–Crippen MR) is 88.2 cm³/mol. The molecule has 4 heterocycles. The first-order valence-electron chi connectivity index (χ1n) is 7.54. The Morgan fingerprint density at radius 3 is 1.31 bits per heavy atom. The minimum absolute atomic E-state index is 0.401. The molecule has 0 fully saturated rings. The Labute approximate surface area is 168 Å². The number of aromatic nitrogens is 12. The van der Waals surface area contributed by atoms with Gasteiger partial charge in [-0.15, -0.1) is 30.0 Å². The summed E-state index contributed by atoms with van der Waals surface area (Å²) in [4.78, 5) is 41.0. The van der Waals surface area contributed by atoms with Crippen LogP contribution in [0.2, 0.25) is 0 Å². The maximum atomic E-state index is 11.1. The zero-order chi connectivity index (χ0) is 23.2. The number of H-pyrrole nitrogens is 2. The van der Waals surface area contributed by atoms with Crippen molar-refractivity contribution in [3.8, 4) is 23.0 Å². The lowest BCUT2D eigenvalue weighted by Gasteiger charge is -1.95. The second-order valence-corrected chi connectivity index (χ2v) is 5.32. The monoisotopic (exact) mass is 450 g/mol. The fraction of sp³-hybridized carbons (Fsp3) is 0. The number of tetrazole rings is 2. The molecule has 32 heavy (non-hydrogen) atoms. The van der Waals surface area contributed by atoms with Crippen molar-refractivity contribution in [1.82, 2.24) is 60.8 Å². The predicted octanol–water partition coefficient (Wildman–Crippen LogP) is -1.62. The molecule has 4 aromatic heterocycles. The highest BCUT2D eigenvalue weighted by Gasteiger charge is 2.37. The van der Waals surface area contributed by atoms with Gasteiger partial charge in [0.25, 0.3) is 11.4 Å². The van der Waals surface area contributed by atoms with Crippen LogP contribution in [0.15, 0.2) is 0 Å². The van der Waals surface area contributed by atoms with E-state index in [2.05, 4.69) is 41.0 Å². The smallest absolute Gasteiger partial charge is 0.358 e. The van der Waals surface area contributed by atoms with Crippen LogP contribution in [0.1, 0.15) is 0 Å². The summed E-state index contributed by atoms with van der Waals surface area (Å²) >= 11 is 0. The molecule has 162 valence electrons. The summed E-state index contributed by atoms with van der Waals surface area (Å²) in [5.41, 5.74) is -1.51. The Kier molecular flexibility index (Phi) is 4.19. The molecule has 0 saturated carbocycles. The molecule has 0 aliphatic rings. The van der Waals surface area contributed by atoms with Gasteiger partial charge < -0.3 is 40.5 Å². The average molecular weight is 450 g/mol. The van der Waals surface area contributed by atoms with Crippen LogP contribution in [-0.2, 0) is 0 Å². The Hall–Kier alpha value is -5.84. The first-order chi connectivity index (χ1) is 15.2. The molecule has 0 saturated heterocycles. The molecule has 0 spiro atoms. The summed E-state index contributed by atoms with van der Waals surface area (Å²) in [6.07, 6.45) is 0. The van der Waals surface area contributed by atoms with Gasteiger partial charge in [-0.3, -0.25) is 0 Å². The summed E-state index contributed by atoms with van der Waals surface area (Å²) in [5.74, 6) is -4.78. The minimum Gasteiger partial charge on any atom is -0.358 e. The Morgan fingerprint density at radius 2 is 1.00 bits per heavy atom. The van der Waals surface area contributed by atoms with E-state index in [0.717, 1.165) is 0 Å². The van der Waals surface area contributed by atoms with E-state index < -0.39 is 66.0 Å². The molecular formula is C8H2N16O8.